The number of pyridine rings is 1. The minimum absolute atomic E-state index is 0.0717. The number of ether oxygens (including phenoxy) is 2. The number of morpholine rings is 1. The van der Waals surface area contributed by atoms with E-state index in [0.717, 1.165) is 5.56 Å². The van der Waals surface area contributed by atoms with Gasteiger partial charge in [0.15, 0.2) is 0 Å². The standard InChI is InChI=1S/C18H20ClN3O5S/c1-26-17-5-2-13(11-20-17)12-21-18(23)14-3-4-15(19)16(10-14)28(24,25)22-6-8-27-9-7-22/h2-5,10-11H,6-9,12H2,1H3,(H,21,23). The number of carbonyl (C=O) groups is 1. The normalized spacial score (nSPS) is 15.2. The van der Waals surface area contributed by atoms with E-state index < -0.39 is 15.9 Å². The molecule has 1 aromatic carbocycles. The number of halogens is 1. The Morgan fingerprint density at radius 1 is 1.29 bits per heavy atom. The molecule has 1 aromatic heterocycles. The predicted octanol–water partition coefficient (Wildman–Crippen LogP) is 1.69. The van der Waals surface area contributed by atoms with Gasteiger partial charge in [0.2, 0.25) is 15.9 Å². The molecule has 0 atom stereocenters. The molecule has 1 fully saturated rings. The topological polar surface area (TPSA) is 97.8 Å². The molecule has 10 heteroatoms. The fourth-order valence-corrected chi connectivity index (χ4v) is 4.60. The molecule has 28 heavy (non-hydrogen) atoms. The molecule has 1 aliphatic rings. The lowest BCUT2D eigenvalue weighted by atomic mass is 10.2. The summed E-state index contributed by atoms with van der Waals surface area (Å²) in [5, 5.41) is 2.81. The van der Waals surface area contributed by atoms with Crippen molar-refractivity contribution in [3.63, 3.8) is 0 Å². The van der Waals surface area contributed by atoms with Gasteiger partial charge < -0.3 is 14.8 Å². The average Bonchev–Trinajstić information content (AvgIpc) is 2.73. The van der Waals surface area contributed by atoms with Gasteiger partial charge >= 0.3 is 0 Å². The fraction of sp³-hybridized carbons (Fsp3) is 0.333. The molecule has 8 nitrogen and oxygen atoms in total. The summed E-state index contributed by atoms with van der Waals surface area (Å²) < 4.78 is 37.2. The zero-order chi connectivity index (χ0) is 20.1. The highest BCUT2D eigenvalue weighted by Gasteiger charge is 2.29. The van der Waals surface area contributed by atoms with Crippen molar-refractivity contribution in [2.75, 3.05) is 33.4 Å². The second kappa shape index (κ2) is 8.87. The lowest BCUT2D eigenvalue weighted by Crippen LogP contribution is -2.40. The Morgan fingerprint density at radius 3 is 2.68 bits per heavy atom. The van der Waals surface area contributed by atoms with Gasteiger partial charge in [0.1, 0.15) is 4.90 Å². The average molecular weight is 426 g/mol. The number of hydrogen-bond acceptors (Lipinski definition) is 6. The summed E-state index contributed by atoms with van der Waals surface area (Å²) >= 11 is 6.12. The van der Waals surface area contributed by atoms with Crippen LogP contribution in [0.5, 0.6) is 5.88 Å². The van der Waals surface area contributed by atoms with Crippen LogP contribution in [-0.2, 0) is 21.3 Å². The molecular formula is C18H20ClN3O5S. The van der Waals surface area contributed by atoms with Crippen LogP contribution in [-0.4, -0.2) is 57.0 Å². The molecule has 0 bridgehead atoms. The van der Waals surface area contributed by atoms with Gasteiger partial charge in [-0.15, -0.1) is 0 Å². The van der Waals surface area contributed by atoms with Crippen LogP contribution in [0.4, 0.5) is 0 Å². The summed E-state index contributed by atoms with van der Waals surface area (Å²) in [5.41, 5.74) is 0.988. The van der Waals surface area contributed by atoms with Crippen molar-refractivity contribution in [3.05, 3.63) is 52.7 Å². The van der Waals surface area contributed by atoms with Gasteiger partial charge in [0, 0.05) is 37.5 Å². The summed E-state index contributed by atoms with van der Waals surface area (Å²) in [6.07, 6.45) is 1.59. The molecule has 0 saturated carbocycles. The van der Waals surface area contributed by atoms with Gasteiger partial charge in [-0.05, 0) is 23.8 Å². The number of methoxy groups -OCH3 is 1. The molecule has 1 saturated heterocycles. The minimum atomic E-state index is -3.81. The van der Waals surface area contributed by atoms with Gasteiger partial charge in [-0.1, -0.05) is 17.7 Å². The number of nitrogens with one attached hydrogen (secondary N) is 1. The van der Waals surface area contributed by atoms with Gasteiger partial charge in [-0.25, -0.2) is 13.4 Å². The van der Waals surface area contributed by atoms with Crippen LogP contribution in [0.2, 0.25) is 5.02 Å². The van der Waals surface area contributed by atoms with Crippen molar-refractivity contribution in [1.82, 2.24) is 14.6 Å². The molecule has 0 radical (unpaired) electrons. The Morgan fingerprint density at radius 2 is 2.04 bits per heavy atom. The van der Waals surface area contributed by atoms with E-state index in [0.29, 0.717) is 19.1 Å². The van der Waals surface area contributed by atoms with Crippen LogP contribution in [0.15, 0.2) is 41.4 Å². The first-order valence-electron chi connectivity index (χ1n) is 8.56. The first kappa shape index (κ1) is 20.5. The van der Waals surface area contributed by atoms with Crippen molar-refractivity contribution in [2.24, 2.45) is 0 Å². The van der Waals surface area contributed by atoms with Crippen molar-refractivity contribution in [3.8, 4) is 5.88 Å². The zero-order valence-corrected chi connectivity index (χ0v) is 16.8. The van der Waals surface area contributed by atoms with E-state index in [-0.39, 0.29) is 35.1 Å². The van der Waals surface area contributed by atoms with Crippen LogP contribution in [0.3, 0.4) is 0 Å². The SMILES string of the molecule is COc1ccc(CNC(=O)c2ccc(Cl)c(S(=O)(=O)N3CCOCC3)c2)cn1. The van der Waals surface area contributed by atoms with Gasteiger partial charge in [-0.3, -0.25) is 4.79 Å². The zero-order valence-electron chi connectivity index (χ0n) is 15.2. The first-order valence-corrected chi connectivity index (χ1v) is 10.4. The van der Waals surface area contributed by atoms with Crippen LogP contribution >= 0.6 is 11.6 Å². The number of amides is 1. The number of hydrogen-bond donors (Lipinski definition) is 1. The third-order valence-corrected chi connectivity index (χ3v) is 6.62. The Bertz CT molecular complexity index is 944. The molecule has 1 N–H and O–H groups in total. The number of benzene rings is 1. The van der Waals surface area contributed by atoms with Crippen LogP contribution < -0.4 is 10.1 Å². The predicted molar refractivity (Wildman–Crippen MR) is 103 cm³/mol. The highest BCUT2D eigenvalue weighted by atomic mass is 35.5. The first-order chi connectivity index (χ1) is 13.4. The number of rotatable bonds is 6. The maximum absolute atomic E-state index is 12.9. The van der Waals surface area contributed by atoms with Gasteiger partial charge in [0.05, 0.1) is 25.3 Å². The van der Waals surface area contributed by atoms with E-state index in [2.05, 4.69) is 10.3 Å². The van der Waals surface area contributed by atoms with Crippen LogP contribution in [0.1, 0.15) is 15.9 Å². The van der Waals surface area contributed by atoms with E-state index >= 15 is 0 Å². The Balaban J connectivity index is 1.75. The number of carbonyl (C=O) groups excluding carboxylic acids is 1. The van der Waals surface area contributed by atoms with Crippen molar-refractivity contribution < 1.29 is 22.7 Å². The number of aromatic nitrogens is 1. The third-order valence-electron chi connectivity index (χ3n) is 4.24. The summed E-state index contributed by atoms with van der Waals surface area (Å²) in [6, 6.07) is 7.68. The monoisotopic (exact) mass is 425 g/mol. The maximum Gasteiger partial charge on any atom is 0.251 e. The molecule has 2 heterocycles. The molecule has 2 aromatic rings. The molecular weight excluding hydrogens is 406 g/mol. The van der Waals surface area contributed by atoms with E-state index in [4.69, 9.17) is 21.1 Å². The second-order valence-electron chi connectivity index (χ2n) is 6.05. The van der Waals surface area contributed by atoms with E-state index in [1.54, 1.807) is 18.3 Å². The maximum atomic E-state index is 12.9. The smallest absolute Gasteiger partial charge is 0.251 e. The Kier molecular flexibility index (Phi) is 6.50. The Hall–Kier alpha value is -2.20. The molecule has 0 spiro atoms. The van der Waals surface area contributed by atoms with E-state index in [9.17, 15) is 13.2 Å². The quantitative estimate of drug-likeness (QED) is 0.756. The summed E-state index contributed by atoms with van der Waals surface area (Å²) in [5.74, 6) is 0.0663. The van der Waals surface area contributed by atoms with Crippen LogP contribution in [0, 0.1) is 0 Å². The second-order valence-corrected chi connectivity index (χ2v) is 8.37. The van der Waals surface area contributed by atoms with E-state index in [1.807, 2.05) is 0 Å². The lowest BCUT2D eigenvalue weighted by Gasteiger charge is -2.26. The van der Waals surface area contributed by atoms with Crippen molar-refractivity contribution in [2.45, 2.75) is 11.4 Å². The summed E-state index contributed by atoms with van der Waals surface area (Å²) in [4.78, 5) is 16.5. The molecule has 1 amide bonds. The van der Waals surface area contributed by atoms with Gasteiger partial charge in [0.25, 0.3) is 5.91 Å². The molecule has 3 rings (SSSR count). The Labute approximate surface area is 168 Å². The van der Waals surface area contributed by atoms with Crippen molar-refractivity contribution in [1.29, 1.82) is 0 Å². The fourth-order valence-electron chi connectivity index (χ4n) is 2.69. The minimum Gasteiger partial charge on any atom is -0.481 e. The summed E-state index contributed by atoms with van der Waals surface area (Å²) in [6.45, 7) is 1.39. The molecule has 0 unspecified atom stereocenters. The molecule has 1 aliphatic heterocycles. The largest absolute Gasteiger partial charge is 0.481 e. The van der Waals surface area contributed by atoms with Gasteiger partial charge in [-0.2, -0.15) is 4.31 Å². The lowest BCUT2D eigenvalue weighted by molar-refractivity contribution is 0.0730. The summed E-state index contributed by atoms with van der Waals surface area (Å²) in [7, 11) is -2.29. The number of nitrogens with zero attached hydrogens (tertiary/aromatic N) is 2. The molecule has 0 aliphatic carbocycles. The van der Waals surface area contributed by atoms with E-state index in [1.165, 1.54) is 29.6 Å². The highest BCUT2D eigenvalue weighted by Crippen LogP contribution is 2.26. The number of sulfonamides is 1. The van der Waals surface area contributed by atoms with Crippen LogP contribution in [0.25, 0.3) is 0 Å². The third kappa shape index (κ3) is 4.61. The highest BCUT2D eigenvalue weighted by molar-refractivity contribution is 7.89. The van der Waals surface area contributed by atoms with Crippen molar-refractivity contribution >= 4 is 27.5 Å². The molecule has 150 valence electrons.